The Hall–Kier alpha value is -3.94. The number of pyridine rings is 1. The van der Waals surface area contributed by atoms with E-state index in [0.717, 1.165) is 23.5 Å². The minimum atomic E-state index is -5.11. The highest BCUT2D eigenvalue weighted by Gasteiger charge is 2.37. The molecule has 0 N–H and O–H groups in total. The largest absolute Gasteiger partial charge is 0.462 e. The average molecular weight is 528 g/mol. The third-order valence-corrected chi connectivity index (χ3v) is 5.42. The minimum absolute atomic E-state index is 0.00631. The molecule has 1 atom stereocenters. The molecule has 1 unspecified atom stereocenters. The predicted octanol–water partition coefficient (Wildman–Crippen LogP) is 4.49. The lowest BCUT2D eigenvalue weighted by atomic mass is 10.0. The zero-order chi connectivity index (χ0) is 27.0. The molecule has 37 heavy (non-hydrogen) atoms. The van der Waals surface area contributed by atoms with Crippen molar-refractivity contribution < 1.29 is 40.6 Å². The number of benzene rings is 1. The summed E-state index contributed by atoms with van der Waals surface area (Å²) in [5, 5.41) is 3.65. The maximum absolute atomic E-state index is 13.2. The highest BCUT2D eigenvalue weighted by molar-refractivity contribution is 6.20. The van der Waals surface area contributed by atoms with Crippen LogP contribution < -0.4 is 5.69 Å². The maximum Gasteiger partial charge on any atom is 0.416 e. The van der Waals surface area contributed by atoms with Crippen molar-refractivity contribution in [3.05, 3.63) is 75.7 Å². The van der Waals surface area contributed by atoms with E-state index in [2.05, 4.69) is 10.1 Å². The van der Waals surface area contributed by atoms with Gasteiger partial charge in [-0.15, -0.1) is 0 Å². The van der Waals surface area contributed by atoms with Crippen LogP contribution in [-0.4, -0.2) is 38.5 Å². The first-order chi connectivity index (χ1) is 17.4. The lowest BCUT2D eigenvalue weighted by Gasteiger charge is -2.26. The summed E-state index contributed by atoms with van der Waals surface area (Å²) in [6.07, 6.45) is -4.94. The zero-order valence-corrected chi connectivity index (χ0v) is 19.0. The van der Waals surface area contributed by atoms with Gasteiger partial charge in [0.05, 0.1) is 41.7 Å². The van der Waals surface area contributed by atoms with E-state index in [1.54, 1.807) is 19.2 Å². The fourth-order valence-electron chi connectivity index (χ4n) is 3.51. The summed E-state index contributed by atoms with van der Waals surface area (Å²) in [6.45, 7) is 2.12. The maximum atomic E-state index is 13.2. The molecule has 3 heterocycles. The number of halogens is 6. The van der Waals surface area contributed by atoms with Crippen molar-refractivity contribution in [2.75, 3.05) is 13.2 Å². The molecule has 2 aromatic heterocycles. The Labute approximate surface area is 204 Å². The van der Waals surface area contributed by atoms with E-state index in [0.29, 0.717) is 29.0 Å². The number of esters is 1. The highest BCUT2D eigenvalue weighted by Crippen LogP contribution is 2.37. The van der Waals surface area contributed by atoms with Crippen molar-refractivity contribution in [2.24, 2.45) is 0 Å². The van der Waals surface area contributed by atoms with Gasteiger partial charge in [-0.1, -0.05) is 0 Å². The summed E-state index contributed by atoms with van der Waals surface area (Å²) < 4.78 is 91.0. The van der Waals surface area contributed by atoms with Crippen LogP contribution in [-0.2, 0) is 26.6 Å². The van der Waals surface area contributed by atoms with Crippen LogP contribution in [0.1, 0.15) is 41.7 Å². The van der Waals surface area contributed by atoms with E-state index in [-0.39, 0.29) is 29.9 Å². The molecule has 0 radical (unpaired) electrons. The van der Waals surface area contributed by atoms with Gasteiger partial charge in [0, 0.05) is 30.6 Å². The van der Waals surface area contributed by atoms with Crippen molar-refractivity contribution in [3.8, 4) is 5.69 Å². The molecular formula is C23H18F6N4O4. The standard InChI is InChI=1S/C23H18F6N4O4/c1-2-36-20(34)18(13-5-14(10-30-9-13)19-3-4-37-19)11-32-12-31-33(21(32)35)17-7-15(22(24,25)26)6-16(8-17)23(27,28)29/h5-12,19H,2-4H2,1H3/b18-11+. The minimum Gasteiger partial charge on any atom is -0.462 e. The Bertz CT molecular complexity index is 1370. The molecule has 8 nitrogen and oxygen atoms in total. The van der Waals surface area contributed by atoms with Gasteiger partial charge in [-0.3, -0.25) is 9.55 Å². The summed E-state index contributed by atoms with van der Waals surface area (Å²) in [6, 6.07) is 2.29. The van der Waals surface area contributed by atoms with Gasteiger partial charge in [0.2, 0.25) is 0 Å². The lowest BCUT2D eigenvalue weighted by molar-refractivity contribution is -0.143. The Morgan fingerprint density at radius 1 is 1.11 bits per heavy atom. The van der Waals surface area contributed by atoms with Gasteiger partial charge >= 0.3 is 24.0 Å². The Morgan fingerprint density at radius 3 is 2.30 bits per heavy atom. The fourth-order valence-corrected chi connectivity index (χ4v) is 3.51. The van der Waals surface area contributed by atoms with Gasteiger partial charge < -0.3 is 9.47 Å². The van der Waals surface area contributed by atoms with E-state index in [1.807, 2.05) is 0 Å². The number of carbonyl (C=O) groups is 1. The monoisotopic (exact) mass is 528 g/mol. The Balaban J connectivity index is 1.81. The van der Waals surface area contributed by atoms with E-state index in [1.165, 1.54) is 6.20 Å². The zero-order valence-electron chi connectivity index (χ0n) is 19.0. The molecule has 0 amide bonds. The van der Waals surface area contributed by atoms with E-state index >= 15 is 0 Å². The quantitative estimate of drug-likeness (QED) is 0.266. The van der Waals surface area contributed by atoms with Crippen molar-refractivity contribution in [1.82, 2.24) is 19.3 Å². The summed E-state index contributed by atoms with van der Waals surface area (Å²) >= 11 is 0. The summed E-state index contributed by atoms with van der Waals surface area (Å²) in [5.41, 5.74) is -4.32. The smallest absolute Gasteiger partial charge is 0.416 e. The van der Waals surface area contributed by atoms with Gasteiger partial charge in [-0.25, -0.2) is 9.59 Å². The molecule has 1 aliphatic rings. The van der Waals surface area contributed by atoms with E-state index < -0.39 is 40.8 Å². The second-order valence-electron chi connectivity index (χ2n) is 7.91. The molecule has 1 aromatic carbocycles. The third kappa shape index (κ3) is 5.58. The second-order valence-corrected chi connectivity index (χ2v) is 7.91. The van der Waals surface area contributed by atoms with Crippen LogP contribution in [0.3, 0.4) is 0 Å². The van der Waals surface area contributed by atoms with Crippen LogP contribution in [0.2, 0.25) is 0 Å². The number of ether oxygens (including phenoxy) is 2. The van der Waals surface area contributed by atoms with Crippen LogP contribution in [0.25, 0.3) is 17.5 Å². The Kier molecular flexibility index (Phi) is 6.95. The number of alkyl halides is 6. The molecule has 3 aromatic rings. The number of aromatic nitrogens is 4. The summed E-state index contributed by atoms with van der Waals surface area (Å²) in [7, 11) is 0. The molecule has 196 valence electrons. The predicted molar refractivity (Wildman–Crippen MR) is 116 cm³/mol. The van der Waals surface area contributed by atoms with Crippen LogP contribution in [0, 0.1) is 0 Å². The molecule has 14 heteroatoms. The number of nitrogens with zero attached hydrogens (tertiary/aromatic N) is 4. The molecule has 4 rings (SSSR count). The fraction of sp³-hybridized carbons (Fsp3) is 0.304. The van der Waals surface area contributed by atoms with E-state index in [9.17, 15) is 35.9 Å². The number of carbonyl (C=O) groups excluding carboxylic acids is 1. The number of rotatable bonds is 6. The molecule has 0 bridgehead atoms. The molecule has 1 fully saturated rings. The van der Waals surface area contributed by atoms with Gasteiger partial charge in [0.1, 0.15) is 6.33 Å². The topological polar surface area (TPSA) is 88.2 Å². The summed E-state index contributed by atoms with van der Waals surface area (Å²) in [4.78, 5) is 29.7. The molecule has 0 spiro atoms. The van der Waals surface area contributed by atoms with Crippen molar-refractivity contribution >= 4 is 17.7 Å². The van der Waals surface area contributed by atoms with Gasteiger partial charge in [-0.05, 0) is 36.8 Å². The molecule has 0 saturated carbocycles. The second kappa shape index (κ2) is 9.84. The van der Waals surface area contributed by atoms with Crippen molar-refractivity contribution in [1.29, 1.82) is 0 Å². The van der Waals surface area contributed by atoms with Gasteiger partial charge in [0.25, 0.3) is 0 Å². The van der Waals surface area contributed by atoms with Crippen molar-refractivity contribution in [3.63, 3.8) is 0 Å². The van der Waals surface area contributed by atoms with Crippen LogP contribution >= 0.6 is 0 Å². The molecule has 1 saturated heterocycles. The normalized spacial score (nSPS) is 16.4. The highest BCUT2D eigenvalue weighted by atomic mass is 19.4. The summed E-state index contributed by atoms with van der Waals surface area (Å²) in [5.74, 6) is -0.839. The average Bonchev–Trinajstić information content (AvgIpc) is 3.15. The van der Waals surface area contributed by atoms with Crippen molar-refractivity contribution in [2.45, 2.75) is 31.8 Å². The number of hydrogen-bond donors (Lipinski definition) is 0. The van der Waals surface area contributed by atoms with E-state index in [4.69, 9.17) is 9.47 Å². The first kappa shape index (κ1) is 26.1. The van der Waals surface area contributed by atoms with Crippen LogP contribution in [0.5, 0.6) is 0 Å². The number of hydrogen-bond acceptors (Lipinski definition) is 6. The van der Waals surface area contributed by atoms with Gasteiger partial charge in [0.15, 0.2) is 0 Å². The van der Waals surface area contributed by atoms with Gasteiger partial charge in [-0.2, -0.15) is 36.1 Å². The van der Waals surface area contributed by atoms with Crippen LogP contribution in [0.4, 0.5) is 26.3 Å². The Morgan fingerprint density at radius 2 is 1.76 bits per heavy atom. The lowest BCUT2D eigenvalue weighted by Crippen LogP contribution is -2.23. The SMILES string of the molecule is CCOC(=O)/C(=C/n1cnn(-c2cc(C(F)(F)F)cc(C(F)(F)F)c2)c1=O)c1cncc(C2CCO2)c1. The first-order valence-electron chi connectivity index (χ1n) is 10.8. The molecule has 1 aliphatic heterocycles. The molecular weight excluding hydrogens is 510 g/mol. The first-order valence-corrected chi connectivity index (χ1v) is 10.8. The third-order valence-electron chi connectivity index (χ3n) is 5.42. The molecule has 0 aliphatic carbocycles. The van der Waals surface area contributed by atoms with Crippen LogP contribution in [0.15, 0.2) is 47.8 Å².